The molecule has 1 atom stereocenters. The van der Waals surface area contributed by atoms with Gasteiger partial charge in [-0.25, -0.2) is 4.68 Å². The van der Waals surface area contributed by atoms with Gasteiger partial charge >= 0.3 is 0 Å². The van der Waals surface area contributed by atoms with Gasteiger partial charge in [-0.1, -0.05) is 18.2 Å². The van der Waals surface area contributed by atoms with Crippen LogP contribution in [-0.4, -0.2) is 46.8 Å². The van der Waals surface area contributed by atoms with Crippen molar-refractivity contribution in [1.82, 2.24) is 19.7 Å². The largest absolute Gasteiger partial charge is 0.341 e. The molecule has 0 bridgehead atoms. The van der Waals surface area contributed by atoms with E-state index in [0.29, 0.717) is 6.04 Å². The highest BCUT2D eigenvalue weighted by Crippen LogP contribution is 2.25. The number of hydrogen-bond donors (Lipinski definition) is 0. The van der Waals surface area contributed by atoms with E-state index < -0.39 is 0 Å². The molecule has 0 amide bonds. The van der Waals surface area contributed by atoms with E-state index in [4.69, 9.17) is 4.98 Å². The van der Waals surface area contributed by atoms with Gasteiger partial charge < -0.3 is 9.80 Å². The average Bonchev–Trinajstić information content (AvgIpc) is 2.97. The van der Waals surface area contributed by atoms with Gasteiger partial charge in [0.2, 0.25) is 5.95 Å². The predicted octanol–water partition coefficient (Wildman–Crippen LogP) is 3.10. The average molecular weight is 313 g/mol. The Balaban J connectivity index is 1.89. The quantitative estimate of drug-likeness (QED) is 0.869. The van der Waals surface area contributed by atoms with Gasteiger partial charge in [-0.3, -0.25) is 0 Å². The smallest absolute Gasteiger partial charge is 0.224 e. The van der Waals surface area contributed by atoms with E-state index in [9.17, 15) is 0 Å². The molecule has 0 N–H and O–H groups in total. The van der Waals surface area contributed by atoms with Crippen LogP contribution in [0.5, 0.6) is 0 Å². The molecular weight excluding hydrogens is 286 g/mol. The lowest BCUT2D eigenvalue weighted by molar-refractivity contribution is 0.321. The Morgan fingerprint density at radius 1 is 1.13 bits per heavy atom. The van der Waals surface area contributed by atoms with Crippen LogP contribution in [-0.2, 0) is 7.05 Å². The van der Waals surface area contributed by atoms with E-state index in [2.05, 4.69) is 60.2 Å². The minimum absolute atomic E-state index is 0.375. The molecule has 0 spiro atoms. The molecule has 0 unspecified atom stereocenters. The molecule has 0 saturated carbocycles. The van der Waals surface area contributed by atoms with Crippen LogP contribution in [0.2, 0.25) is 0 Å². The number of nitrogens with zero attached hydrogens (tertiary/aromatic N) is 5. The van der Waals surface area contributed by atoms with Crippen LogP contribution in [0.25, 0.3) is 11.4 Å². The number of rotatable bonds is 4. The topological polar surface area (TPSA) is 37.2 Å². The number of anilines is 1. The van der Waals surface area contributed by atoms with E-state index in [1.807, 2.05) is 11.7 Å². The molecule has 124 valence electrons. The van der Waals surface area contributed by atoms with Crippen molar-refractivity contribution in [2.24, 2.45) is 7.05 Å². The molecule has 1 fully saturated rings. The lowest BCUT2D eigenvalue weighted by Crippen LogP contribution is -2.31. The number of piperidine rings is 1. The standard InChI is InChI=1S/C18H27N5/c1-14(21(2)3)15-9-8-10-16(13-15)17-19-18(22(4)20-17)23-11-6-5-7-12-23/h8-10,13-14H,5-7,11-12H2,1-4H3/t14-/m1/s1. The fraction of sp³-hybridized carbons (Fsp3) is 0.556. The highest BCUT2D eigenvalue weighted by Gasteiger charge is 2.18. The summed E-state index contributed by atoms with van der Waals surface area (Å²) in [5, 5.41) is 4.65. The molecule has 1 saturated heterocycles. The molecule has 5 nitrogen and oxygen atoms in total. The Labute approximate surface area is 138 Å². The van der Waals surface area contributed by atoms with Gasteiger partial charge in [-0.2, -0.15) is 4.98 Å². The van der Waals surface area contributed by atoms with Crippen LogP contribution in [0.4, 0.5) is 5.95 Å². The third-order valence-electron chi connectivity index (χ3n) is 4.78. The molecule has 23 heavy (non-hydrogen) atoms. The molecule has 1 aliphatic heterocycles. The summed E-state index contributed by atoms with van der Waals surface area (Å²) in [6.07, 6.45) is 3.82. The van der Waals surface area contributed by atoms with Gasteiger partial charge in [-0.15, -0.1) is 5.10 Å². The van der Waals surface area contributed by atoms with Crippen LogP contribution in [0.15, 0.2) is 24.3 Å². The van der Waals surface area contributed by atoms with Crippen molar-refractivity contribution < 1.29 is 0 Å². The Kier molecular flexibility index (Phi) is 4.66. The Hall–Kier alpha value is -1.88. The third kappa shape index (κ3) is 3.39. The van der Waals surface area contributed by atoms with Crippen LogP contribution in [0, 0.1) is 0 Å². The van der Waals surface area contributed by atoms with Crippen LogP contribution in [0.3, 0.4) is 0 Å². The summed E-state index contributed by atoms with van der Waals surface area (Å²) in [7, 11) is 6.20. The zero-order valence-electron chi connectivity index (χ0n) is 14.7. The number of aromatic nitrogens is 3. The maximum atomic E-state index is 4.81. The van der Waals surface area contributed by atoms with Crippen molar-refractivity contribution in [3.63, 3.8) is 0 Å². The minimum Gasteiger partial charge on any atom is -0.341 e. The molecule has 2 aromatic rings. The van der Waals surface area contributed by atoms with Gasteiger partial charge in [0.05, 0.1) is 0 Å². The molecule has 3 rings (SSSR count). The van der Waals surface area contributed by atoms with Crippen molar-refractivity contribution in [3.8, 4) is 11.4 Å². The lowest BCUT2D eigenvalue weighted by atomic mass is 10.0. The summed E-state index contributed by atoms with van der Waals surface area (Å²) in [6.45, 7) is 4.39. The van der Waals surface area contributed by atoms with E-state index in [1.54, 1.807) is 0 Å². The van der Waals surface area contributed by atoms with E-state index in [-0.39, 0.29) is 0 Å². The van der Waals surface area contributed by atoms with Crippen molar-refractivity contribution in [3.05, 3.63) is 29.8 Å². The first-order valence-corrected chi connectivity index (χ1v) is 8.49. The van der Waals surface area contributed by atoms with Crippen LogP contribution < -0.4 is 4.90 Å². The molecule has 1 aromatic carbocycles. The highest BCUT2D eigenvalue weighted by atomic mass is 15.4. The van der Waals surface area contributed by atoms with Gasteiger partial charge in [0.15, 0.2) is 5.82 Å². The first-order chi connectivity index (χ1) is 11.1. The first-order valence-electron chi connectivity index (χ1n) is 8.49. The van der Waals surface area contributed by atoms with Gasteiger partial charge in [-0.05, 0) is 51.9 Å². The SMILES string of the molecule is C[C@H](c1cccc(-c2nc(N3CCCCC3)n(C)n2)c1)N(C)C. The van der Waals surface area contributed by atoms with Crippen molar-refractivity contribution in [2.75, 3.05) is 32.1 Å². The van der Waals surface area contributed by atoms with E-state index in [0.717, 1.165) is 30.4 Å². The van der Waals surface area contributed by atoms with Crippen LogP contribution >= 0.6 is 0 Å². The summed E-state index contributed by atoms with van der Waals surface area (Å²) < 4.78 is 1.92. The molecular formula is C18H27N5. The number of aryl methyl sites for hydroxylation is 1. The Morgan fingerprint density at radius 3 is 2.57 bits per heavy atom. The second kappa shape index (κ2) is 6.71. The number of benzene rings is 1. The molecule has 1 aliphatic rings. The number of hydrogen-bond acceptors (Lipinski definition) is 4. The monoisotopic (exact) mass is 313 g/mol. The zero-order chi connectivity index (χ0) is 16.4. The summed E-state index contributed by atoms with van der Waals surface area (Å²) in [4.78, 5) is 9.38. The molecule has 0 aliphatic carbocycles. The predicted molar refractivity (Wildman–Crippen MR) is 94.6 cm³/mol. The maximum absolute atomic E-state index is 4.81. The highest BCUT2D eigenvalue weighted by molar-refractivity contribution is 5.58. The lowest BCUT2D eigenvalue weighted by Gasteiger charge is -2.26. The molecule has 1 aromatic heterocycles. The van der Waals surface area contributed by atoms with Crippen molar-refractivity contribution in [2.45, 2.75) is 32.2 Å². The van der Waals surface area contributed by atoms with Crippen molar-refractivity contribution in [1.29, 1.82) is 0 Å². The normalized spacial score (nSPS) is 16.8. The summed E-state index contributed by atoms with van der Waals surface area (Å²) in [5.41, 5.74) is 2.38. The second-order valence-corrected chi connectivity index (χ2v) is 6.67. The zero-order valence-corrected chi connectivity index (χ0v) is 14.7. The van der Waals surface area contributed by atoms with Crippen molar-refractivity contribution >= 4 is 5.95 Å². The fourth-order valence-electron chi connectivity index (χ4n) is 3.10. The molecule has 5 heteroatoms. The summed E-state index contributed by atoms with van der Waals surface area (Å²) in [6, 6.07) is 8.95. The second-order valence-electron chi connectivity index (χ2n) is 6.67. The van der Waals surface area contributed by atoms with Gasteiger partial charge in [0.25, 0.3) is 0 Å². The fourth-order valence-corrected chi connectivity index (χ4v) is 3.10. The first kappa shape index (κ1) is 16.0. The summed E-state index contributed by atoms with van der Waals surface area (Å²) >= 11 is 0. The Bertz CT molecular complexity index is 655. The Morgan fingerprint density at radius 2 is 1.87 bits per heavy atom. The third-order valence-corrected chi connectivity index (χ3v) is 4.78. The van der Waals surface area contributed by atoms with Crippen LogP contribution in [0.1, 0.15) is 37.8 Å². The van der Waals surface area contributed by atoms with E-state index in [1.165, 1.54) is 24.8 Å². The van der Waals surface area contributed by atoms with E-state index >= 15 is 0 Å². The maximum Gasteiger partial charge on any atom is 0.224 e. The molecule has 0 radical (unpaired) electrons. The summed E-state index contributed by atoms with van der Waals surface area (Å²) in [5.74, 6) is 1.81. The van der Waals surface area contributed by atoms with Gasteiger partial charge in [0.1, 0.15) is 0 Å². The minimum atomic E-state index is 0.375. The van der Waals surface area contributed by atoms with Gasteiger partial charge in [0, 0.05) is 31.7 Å². The molecule has 2 heterocycles.